The van der Waals surface area contributed by atoms with Crippen molar-refractivity contribution in [1.82, 2.24) is 9.80 Å². The summed E-state index contributed by atoms with van der Waals surface area (Å²) in [6.07, 6.45) is 2.24. The number of piperazine rings is 1. The highest BCUT2D eigenvalue weighted by Crippen LogP contribution is 2.24. The fourth-order valence-corrected chi connectivity index (χ4v) is 4.43. The van der Waals surface area contributed by atoms with Gasteiger partial charge in [-0.05, 0) is 42.7 Å². The van der Waals surface area contributed by atoms with E-state index in [0.717, 1.165) is 36.4 Å². The van der Waals surface area contributed by atoms with Crippen molar-refractivity contribution in [2.75, 3.05) is 38.2 Å². The summed E-state index contributed by atoms with van der Waals surface area (Å²) in [4.78, 5) is 31.5. The van der Waals surface area contributed by atoms with Crippen LogP contribution in [0.2, 0.25) is 0 Å². The highest BCUT2D eigenvalue weighted by molar-refractivity contribution is 5.95. The van der Waals surface area contributed by atoms with Gasteiger partial charge in [0.25, 0.3) is 0 Å². The maximum absolute atomic E-state index is 12.8. The molecule has 0 saturated carbocycles. The maximum Gasteiger partial charge on any atom is 0.241 e. The van der Waals surface area contributed by atoms with E-state index in [0.29, 0.717) is 32.6 Å². The number of ether oxygens (including phenoxy) is 1. The molecule has 158 valence electrons. The van der Waals surface area contributed by atoms with Crippen LogP contribution in [0, 0.1) is 0 Å². The zero-order valence-electron chi connectivity index (χ0n) is 17.5. The standard InChI is InChI=1S/C24H29N3O3/c1-30-22-9-5-6-19(16-22)17-26-13-12-20(10-11-23(26)28)25-14-15-27(24(29)18-25)21-7-3-2-4-8-21/h2-9,16,20H,10-15,17-18H2,1H3. The molecule has 30 heavy (non-hydrogen) atoms. The Labute approximate surface area is 178 Å². The third-order valence-corrected chi connectivity index (χ3v) is 6.12. The normalized spacial score (nSPS) is 20.9. The van der Waals surface area contributed by atoms with Crippen molar-refractivity contribution in [3.63, 3.8) is 0 Å². The summed E-state index contributed by atoms with van der Waals surface area (Å²) in [5, 5.41) is 0. The van der Waals surface area contributed by atoms with Crippen LogP contribution in [0.15, 0.2) is 54.6 Å². The van der Waals surface area contributed by atoms with Gasteiger partial charge in [0.15, 0.2) is 0 Å². The van der Waals surface area contributed by atoms with Crippen LogP contribution in [0.1, 0.15) is 24.8 Å². The molecule has 2 fully saturated rings. The molecule has 0 aromatic heterocycles. The molecule has 0 bridgehead atoms. The number of para-hydroxylation sites is 1. The van der Waals surface area contributed by atoms with E-state index in [-0.39, 0.29) is 17.9 Å². The Morgan fingerprint density at radius 1 is 0.933 bits per heavy atom. The van der Waals surface area contributed by atoms with Gasteiger partial charge in [-0.15, -0.1) is 0 Å². The lowest BCUT2D eigenvalue weighted by atomic mass is 10.1. The van der Waals surface area contributed by atoms with E-state index in [2.05, 4.69) is 4.90 Å². The molecule has 0 N–H and O–H groups in total. The van der Waals surface area contributed by atoms with Crippen molar-refractivity contribution in [2.45, 2.75) is 31.8 Å². The lowest BCUT2D eigenvalue weighted by Crippen LogP contribution is -2.53. The van der Waals surface area contributed by atoms with Crippen molar-refractivity contribution >= 4 is 17.5 Å². The van der Waals surface area contributed by atoms with Crippen molar-refractivity contribution in [3.8, 4) is 5.75 Å². The second kappa shape index (κ2) is 9.30. The molecule has 2 amide bonds. The topological polar surface area (TPSA) is 53.1 Å². The summed E-state index contributed by atoms with van der Waals surface area (Å²) < 4.78 is 5.30. The van der Waals surface area contributed by atoms with Gasteiger partial charge in [-0.1, -0.05) is 30.3 Å². The molecule has 2 saturated heterocycles. The first kappa shape index (κ1) is 20.4. The number of rotatable bonds is 5. The zero-order valence-corrected chi connectivity index (χ0v) is 17.5. The number of hydrogen-bond donors (Lipinski definition) is 0. The third kappa shape index (κ3) is 4.65. The highest BCUT2D eigenvalue weighted by atomic mass is 16.5. The molecule has 0 aliphatic carbocycles. The molecular weight excluding hydrogens is 378 g/mol. The maximum atomic E-state index is 12.8. The van der Waals surface area contributed by atoms with Gasteiger partial charge in [0.1, 0.15) is 5.75 Å². The van der Waals surface area contributed by atoms with Crippen LogP contribution in [-0.2, 0) is 16.1 Å². The molecule has 0 spiro atoms. The molecule has 2 aromatic carbocycles. The molecule has 4 rings (SSSR count). The average Bonchev–Trinajstić information content (AvgIpc) is 2.96. The van der Waals surface area contributed by atoms with E-state index >= 15 is 0 Å². The summed E-state index contributed by atoms with van der Waals surface area (Å²) in [5.74, 6) is 1.13. The average molecular weight is 408 g/mol. The summed E-state index contributed by atoms with van der Waals surface area (Å²) in [5.41, 5.74) is 2.04. The molecule has 1 unspecified atom stereocenters. The number of nitrogens with zero attached hydrogens (tertiary/aromatic N) is 3. The van der Waals surface area contributed by atoms with E-state index in [1.807, 2.05) is 64.4 Å². The summed E-state index contributed by atoms with van der Waals surface area (Å²) >= 11 is 0. The Kier molecular flexibility index (Phi) is 6.33. The summed E-state index contributed by atoms with van der Waals surface area (Å²) in [6, 6.07) is 18.0. The van der Waals surface area contributed by atoms with Crippen LogP contribution >= 0.6 is 0 Å². The lowest BCUT2D eigenvalue weighted by molar-refractivity contribution is -0.131. The number of amides is 2. The molecule has 2 aliphatic heterocycles. The van der Waals surface area contributed by atoms with Gasteiger partial charge in [-0.25, -0.2) is 0 Å². The van der Waals surface area contributed by atoms with E-state index in [4.69, 9.17) is 4.74 Å². The van der Waals surface area contributed by atoms with Crippen molar-refractivity contribution in [2.24, 2.45) is 0 Å². The Balaban J connectivity index is 1.36. The third-order valence-electron chi connectivity index (χ3n) is 6.12. The Morgan fingerprint density at radius 2 is 1.77 bits per heavy atom. The van der Waals surface area contributed by atoms with E-state index in [1.54, 1.807) is 7.11 Å². The van der Waals surface area contributed by atoms with Gasteiger partial charge in [0.05, 0.1) is 13.7 Å². The first-order valence-corrected chi connectivity index (χ1v) is 10.6. The molecular formula is C24H29N3O3. The smallest absolute Gasteiger partial charge is 0.241 e. The van der Waals surface area contributed by atoms with Gasteiger partial charge >= 0.3 is 0 Å². The Hall–Kier alpha value is -2.86. The number of likely N-dealkylation sites (tertiary alicyclic amines) is 1. The van der Waals surface area contributed by atoms with E-state index < -0.39 is 0 Å². The second-order valence-corrected chi connectivity index (χ2v) is 8.00. The number of benzene rings is 2. The molecule has 2 heterocycles. The molecule has 2 aromatic rings. The monoisotopic (exact) mass is 407 g/mol. The molecule has 0 radical (unpaired) electrons. The van der Waals surface area contributed by atoms with Crippen LogP contribution in [0.25, 0.3) is 0 Å². The fraction of sp³-hybridized carbons (Fsp3) is 0.417. The molecule has 6 nitrogen and oxygen atoms in total. The second-order valence-electron chi connectivity index (χ2n) is 8.00. The van der Waals surface area contributed by atoms with Crippen molar-refractivity contribution < 1.29 is 14.3 Å². The van der Waals surface area contributed by atoms with Crippen molar-refractivity contribution in [3.05, 3.63) is 60.2 Å². The molecule has 2 aliphatic rings. The predicted octanol–water partition coefficient (Wildman–Crippen LogP) is 2.93. The van der Waals surface area contributed by atoms with Gasteiger partial charge in [-0.3, -0.25) is 14.5 Å². The summed E-state index contributed by atoms with van der Waals surface area (Å²) in [7, 11) is 1.65. The summed E-state index contributed by atoms with van der Waals surface area (Å²) in [6.45, 7) is 3.27. The predicted molar refractivity (Wildman–Crippen MR) is 116 cm³/mol. The van der Waals surface area contributed by atoms with E-state index in [1.165, 1.54) is 0 Å². The fourth-order valence-electron chi connectivity index (χ4n) is 4.43. The number of carbonyl (C=O) groups excluding carboxylic acids is 2. The number of methoxy groups -OCH3 is 1. The van der Waals surface area contributed by atoms with Crippen LogP contribution in [0.3, 0.4) is 0 Å². The van der Waals surface area contributed by atoms with E-state index in [9.17, 15) is 9.59 Å². The zero-order chi connectivity index (χ0) is 20.9. The van der Waals surface area contributed by atoms with Gasteiger partial charge in [-0.2, -0.15) is 0 Å². The van der Waals surface area contributed by atoms with Crippen molar-refractivity contribution in [1.29, 1.82) is 0 Å². The van der Waals surface area contributed by atoms with Crippen LogP contribution in [0.5, 0.6) is 5.75 Å². The molecule has 1 atom stereocenters. The first-order valence-electron chi connectivity index (χ1n) is 10.6. The molecule has 6 heteroatoms. The largest absolute Gasteiger partial charge is 0.497 e. The van der Waals surface area contributed by atoms with Crippen LogP contribution < -0.4 is 9.64 Å². The van der Waals surface area contributed by atoms with Gasteiger partial charge in [0, 0.05) is 44.3 Å². The van der Waals surface area contributed by atoms with Crippen LogP contribution in [-0.4, -0.2) is 60.9 Å². The SMILES string of the molecule is COc1cccc(CN2CCC(N3CCN(c4ccccc4)C(=O)C3)CCC2=O)c1. The number of hydrogen-bond acceptors (Lipinski definition) is 4. The van der Waals surface area contributed by atoms with Crippen LogP contribution in [0.4, 0.5) is 5.69 Å². The number of carbonyl (C=O) groups is 2. The lowest BCUT2D eigenvalue weighted by Gasteiger charge is -2.38. The minimum Gasteiger partial charge on any atom is -0.497 e. The van der Waals surface area contributed by atoms with Gasteiger partial charge < -0.3 is 14.5 Å². The first-order chi connectivity index (χ1) is 14.6. The van der Waals surface area contributed by atoms with Gasteiger partial charge in [0.2, 0.25) is 11.8 Å². The Bertz CT molecular complexity index is 886. The Morgan fingerprint density at radius 3 is 2.53 bits per heavy atom. The number of anilines is 1. The highest BCUT2D eigenvalue weighted by Gasteiger charge is 2.32. The quantitative estimate of drug-likeness (QED) is 0.765. The minimum absolute atomic E-state index is 0.135. The minimum atomic E-state index is 0.135.